The molecule has 0 radical (unpaired) electrons. The van der Waals surface area contributed by atoms with Crippen LogP contribution < -0.4 is 4.72 Å². The minimum Gasteiger partial charge on any atom is -0.224 e. The summed E-state index contributed by atoms with van der Waals surface area (Å²) < 4.78 is 48.7. The van der Waals surface area contributed by atoms with Gasteiger partial charge in [0.2, 0.25) is 10.0 Å². The topological polar surface area (TPSA) is 80.3 Å². The van der Waals surface area contributed by atoms with Gasteiger partial charge in [0.15, 0.2) is 9.84 Å². The van der Waals surface area contributed by atoms with Gasteiger partial charge >= 0.3 is 0 Å². The largest absolute Gasteiger partial charge is 0.241 e. The highest BCUT2D eigenvalue weighted by Gasteiger charge is 2.26. The van der Waals surface area contributed by atoms with E-state index >= 15 is 0 Å². The van der Waals surface area contributed by atoms with Gasteiger partial charge in [-0.2, -0.15) is 0 Å². The van der Waals surface area contributed by atoms with Crippen molar-refractivity contribution in [3.8, 4) is 0 Å². The number of halogens is 2. The standard InChI is InChI=1S/C10H9Cl2NO4S2/c11-9-2-1-8(5-10(9)12)19(16,17)13-7-3-4-18(14,15)6-7/h1-5,7,13H,6H2/t7-/m1/s1. The van der Waals surface area contributed by atoms with Crippen molar-refractivity contribution < 1.29 is 16.8 Å². The molecular weight excluding hydrogens is 333 g/mol. The van der Waals surface area contributed by atoms with Gasteiger partial charge in [0, 0.05) is 5.41 Å². The zero-order chi connectivity index (χ0) is 14.3. The molecule has 0 aromatic heterocycles. The van der Waals surface area contributed by atoms with E-state index in [2.05, 4.69) is 4.72 Å². The van der Waals surface area contributed by atoms with E-state index in [0.29, 0.717) is 0 Å². The van der Waals surface area contributed by atoms with Crippen molar-refractivity contribution in [1.82, 2.24) is 4.72 Å². The molecule has 1 aliphatic rings. The fraction of sp³-hybridized carbons (Fsp3) is 0.200. The van der Waals surface area contributed by atoms with E-state index in [0.717, 1.165) is 5.41 Å². The first kappa shape index (κ1) is 14.8. The maximum absolute atomic E-state index is 12.0. The molecule has 0 saturated heterocycles. The molecule has 5 nitrogen and oxygen atoms in total. The Morgan fingerprint density at radius 3 is 2.42 bits per heavy atom. The molecule has 0 fully saturated rings. The minimum atomic E-state index is -3.84. The van der Waals surface area contributed by atoms with Crippen LogP contribution in [0.1, 0.15) is 0 Å². The van der Waals surface area contributed by atoms with E-state index in [-0.39, 0.29) is 20.7 Å². The van der Waals surface area contributed by atoms with E-state index in [1.807, 2.05) is 0 Å². The Morgan fingerprint density at radius 2 is 1.89 bits per heavy atom. The number of benzene rings is 1. The zero-order valence-corrected chi connectivity index (χ0v) is 12.5. The van der Waals surface area contributed by atoms with Gasteiger partial charge in [0.25, 0.3) is 0 Å². The highest BCUT2D eigenvalue weighted by atomic mass is 35.5. The number of hydrogen-bond acceptors (Lipinski definition) is 4. The summed E-state index contributed by atoms with van der Waals surface area (Å²) in [6, 6.07) is 3.09. The van der Waals surface area contributed by atoms with Gasteiger partial charge in [-0.05, 0) is 18.2 Å². The monoisotopic (exact) mass is 341 g/mol. The quantitative estimate of drug-likeness (QED) is 0.904. The molecule has 19 heavy (non-hydrogen) atoms. The van der Waals surface area contributed by atoms with Crippen molar-refractivity contribution >= 4 is 43.1 Å². The Labute approximate surface area is 121 Å². The molecule has 0 spiro atoms. The van der Waals surface area contributed by atoms with Crippen molar-refractivity contribution in [2.75, 3.05) is 5.75 Å². The first-order valence-electron chi connectivity index (χ1n) is 5.08. The molecule has 1 aromatic rings. The first-order valence-corrected chi connectivity index (χ1v) is 9.03. The third-order valence-corrected chi connectivity index (χ3v) is 6.06. The molecule has 0 saturated carbocycles. The van der Waals surface area contributed by atoms with Crippen LogP contribution in [0.25, 0.3) is 0 Å². The van der Waals surface area contributed by atoms with E-state index in [9.17, 15) is 16.8 Å². The first-order chi connectivity index (χ1) is 8.70. The molecule has 1 atom stereocenters. The van der Waals surface area contributed by atoms with Crippen LogP contribution in [0, 0.1) is 0 Å². The number of nitrogens with one attached hydrogen (secondary N) is 1. The van der Waals surface area contributed by atoms with Crippen molar-refractivity contribution in [2.24, 2.45) is 0 Å². The van der Waals surface area contributed by atoms with Crippen molar-refractivity contribution in [2.45, 2.75) is 10.9 Å². The van der Waals surface area contributed by atoms with E-state index in [1.165, 1.54) is 24.3 Å². The summed E-state index contributed by atoms with van der Waals surface area (Å²) in [5.41, 5.74) is 0. The number of sulfonamides is 1. The second-order valence-corrected chi connectivity index (χ2v) is 8.42. The predicted molar refractivity (Wildman–Crippen MR) is 73.5 cm³/mol. The van der Waals surface area contributed by atoms with Gasteiger partial charge < -0.3 is 0 Å². The van der Waals surface area contributed by atoms with Crippen LogP contribution in [-0.2, 0) is 19.9 Å². The number of hydrogen-bond donors (Lipinski definition) is 1. The minimum absolute atomic E-state index is 0.0698. The third kappa shape index (κ3) is 3.49. The smallest absolute Gasteiger partial charge is 0.224 e. The Kier molecular flexibility index (Phi) is 3.95. The van der Waals surface area contributed by atoms with Crippen LogP contribution in [-0.4, -0.2) is 28.6 Å². The SMILES string of the molecule is O=S1(=O)C=C[C@@H](NS(=O)(=O)c2ccc(Cl)c(Cl)c2)C1. The normalized spacial score (nSPS) is 21.7. The van der Waals surface area contributed by atoms with Crippen LogP contribution in [0.2, 0.25) is 10.0 Å². The third-order valence-electron chi connectivity index (χ3n) is 2.44. The highest BCUT2D eigenvalue weighted by molar-refractivity contribution is 7.94. The van der Waals surface area contributed by atoms with Crippen LogP contribution in [0.15, 0.2) is 34.6 Å². The van der Waals surface area contributed by atoms with Crippen molar-refractivity contribution in [1.29, 1.82) is 0 Å². The Bertz CT molecular complexity index is 741. The van der Waals surface area contributed by atoms with Gasteiger partial charge in [-0.25, -0.2) is 21.6 Å². The molecule has 1 aromatic carbocycles. The molecule has 2 rings (SSSR count). The Balaban J connectivity index is 2.24. The van der Waals surface area contributed by atoms with E-state index < -0.39 is 25.9 Å². The lowest BCUT2D eigenvalue weighted by Gasteiger charge is -2.11. The lowest BCUT2D eigenvalue weighted by atomic mass is 10.4. The van der Waals surface area contributed by atoms with E-state index in [4.69, 9.17) is 23.2 Å². The van der Waals surface area contributed by atoms with Gasteiger partial charge in [-0.1, -0.05) is 29.3 Å². The summed E-state index contributed by atoms with van der Waals surface area (Å²) in [7, 11) is -7.16. The molecule has 9 heteroatoms. The van der Waals surface area contributed by atoms with Crippen LogP contribution >= 0.6 is 23.2 Å². The summed E-state index contributed by atoms with van der Waals surface area (Å²) >= 11 is 11.4. The van der Waals surface area contributed by atoms with Gasteiger partial charge in [0.1, 0.15) is 0 Å². The summed E-state index contributed by atoms with van der Waals surface area (Å²) in [5.74, 6) is -0.284. The van der Waals surface area contributed by atoms with Gasteiger partial charge in [0.05, 0.1) is 26.7 Å². The summed E-state index contributed by atoms with van der Waals surface area (Å²) in [4.78, 5) is -0.0698. The lowest BCUT2D eigenvalue weighted by Crippen LogP contribution is -2.35. The molecule has 1 heterocycles. The molecule has 1 aliphatic heterocycles. The fourth-order valence-electron chi connectivity index (χ4n) is 1.56. The average molecular weight is 342 g/mol. The Hall–Kier alpha value is -0.600. The molecule has 0 bridgehead atoms. The molecule has 104 valence electrons. The van der Waals surface area contributed by atoms with Crippen molar-refractivity contribution in [3.05, 3.63) is 39.7 Å². The molecule has 0 aliphatic carbocycles. The van der Waals surface area contributed by atoms with Gasteiger partial charge in [-0.3, -0.25) is 0 Å². The van der Waals surface area contributed by atoms with Crippen LogP contribution in [0.5, 0.6) is 0 Å². The maximum Gasteiger partial charge on any atom is 0.241 e. The molecule has 1 N–H and O–H groups in total. The second-order valence-electron chi connectivity index (χ2n) is 3.96. The number of sulfone groups is 1. The summed E-state index contributed by atoms with van der Waals surface area (Å²) in [6.45, 7) is 0. The molecule has 0 unspecified atom stereocenters. The van der Waals surface area contributed by atoms with Gasteiger partial charge in [-0.15, -0.1) is 0 Å². The predicted octanol–water partition coefficient (Wildman–Crippen LogP) is 1.58. The van der Waals surface area contributed by atoms with E-state index in [1.54, 1.807) is 0 Å². The summed E-state index contributed by atoms with van der Waals surface area (Å²) in [6.07, 6.45) is 1.30. The molecular formula is C10H9Cl2NO4S2. The number of rotatable bonds is 3. The Morgan fingerprint density at radius 1 is 1.21 bits per heavy atom. The molecule has 0 amide bonds. The fourth-order valence-corrected chi connectivity index (χ4v) is 4.48. The average Bonchev–Trinajstić information content (AvgIpc) is 2.61. The second kappa shape index (κ2) is 5.06. The van der Waals surface area contributed by atoms with Crippen LogP contribution in [0.3, 0.4) is 0 Å². The maximum atomic E-state index is 12.0. The highest BCUT2D eigenvalue weighted by Crippen LogP contribution is 2.25. The summed E-state index contributed by atoms with van der Waals surface area (Å²) in [5, 5.41) is 1.35. The zero-order valence-electron chi connectivity index (χ0n) is 9.38. The lowest BCUT2D eigenvalue weighted by molar-refractivity contribution is 0.575. The van der Waals surface area contributed by atoms with Crippen LogP contribution in [0.4, 0.5) is 0 Å². The van der Waals surface area contributed by atoms with Crippen molar-refractivity contribution in [3.63, 3.8) is 0 Å².